The summed E-state index contributed by atoms with van der Waals surface area (Å²) in [5.74, 6) is -1.27. The molecule has 1 atom stereocenters. The van der Waals surface area contributed by atoms with E-state index in [1.54, 1.807) is 6.92 Å². The van der Waals surface area contributed by atoms with E-state index in [1.165, 1.54) is 31.0 Å². The molecule has 0 saturated heterocycles. The van der Waals surface area contributed by atoms with Crippen LogP contribution >= 0.6 is 0 Å². The van der Waals surface area contributed by atoms with Crippen molar-refractivity contribution in [1.82, 2.24) is 10.6 Å². The highest BCUT2D eigenvalue weighted by Crippen LogP contribution is 2.17. The molecule has 2 rings (SSSR count). The van der Waals surface area contributed by atoms with E-state index in [2.05, 4.69) is 10.6 Å². The molecule has 21 heavy (non-hydrogen) atoms. The average molecular weight is 296 g/mol. The summed E-state index contributed by atoms with van der Waals surface area (Å²) >= 11 is 0. The molecule has 0 heterocycles. The zero-order valence-corrected chi connectivity index (χ0v) is 12.3. The molecule has 0 spiro atoms. The summed E-state index contributed by atoms with van der Waals surface area (Å²) in [5.41, 5.74) is 0.0223. The van der Waals surface area contributed by atoms with Crippen molar-refractivity contribution >= 4 is 5.91 Å². The summed E-state index contributed by atoms with van der Waals surface area (Å²) in [6.45, 7) is 2.01. The normalized spacial score (nSPS) is 16.9. The van der Waals surface area contributed by atoms with Gasteiger partial charge in [0, 0.05) is 17.6 Å². The molecule has 1 aliphatic rings. The van der Waals surface area contributed by atoms with E-state index in [4.69, 9.17) is 0 Å². The highest BCUT2D eigenvalue weighted by Gasteiger charge is 2.17. The Kier molecular flexibility index (Phi) is 5.67. The van der Waals surface area contributed by atoms with Crippen molar-refractivity contribution in [3.05, 3.63) is 35.4 Å². The van der Waals surface area contributed by atoms with Gasteiger partial charge in [-0.15, -0.1) is 0 Å². The summed E-state index contributed by atoms with van der Waals surface area (Å²) < 4.78 is 27.1. The van der Waals surface area contributed by atoms with E-state index in [9.17, 15) is 13.6 Å². The number of carbonyl (C=O) groups is 1. The molecule has 1 unspecified atom stereocenters. The minimum Gasteiger partial charge on any atom is -0.352 e. The van der Waals surface area contributed by atoms with Gasteiger partial charge in [-0.3, -0.25) is 4.79 Å². The molecule has 0 aliphatic heterocycles. The lowest BCUT2D eigenvalue weighted by atomic mass is 10.1. The highest BCUT2D eigenvalue weighted by molar-refractivity contribution is 5.78. The van der Waals surface area contributed by atoms with Gasteiger partial charge in [0.15, 0.2) is 0 Å². The minimum absolute atomic E-state index is 0.0223. The topological polar surface area (TPSA) is 41.1 Å². The van der Waals surface area contributed by atoms with Crippen LogP contribution in [0.2, 0.25) is 0 Å². The number of hydrogen-bond acceptors (Lipinski definition) is 2. The molecule has 1 fully saturated rings. The quantitative estimate of drug-likeness (QED) is 0.847. The molecule has 0 radical (unpaired) electrons. The van der Waals surface area contributed by atoms with E-state index >= 15 is 0 Å². The Hall–Kier alpha value is -1.49. The monoisotopic (exact) mass is 296 g/mol. The van der Waals surface area contributed by atoms with Crippen LogP contribution < -0.4 is 10.6 Å². The Balaban J connectivity index is 1.78. The molecule has 1 aliphatic carbocycles. The molecule has 5 heteroatoms. The summed E-state index contributed by atoms with van der Waals surface area (Å²) in [6, 6.07) is 3.91. The number of rotatable bonds is 6. The largest absolute Gasteiger partial charge is 0.352 e. The van der Waals surface area contributed by atoms with E-state index in [1.807, 2.05) is 0 Å². The molecule has 1 saturated carbocycles. The molecule has 2 N–H and O–H groups in total. The first-order chi connectivity index (χ1) is 10.1. The number of carbonyl (C=O) groups excluding carboxylic acids is 1. The Morgan fingerprint density at radius 2 is 1.90 bits per heavy atom. The van der Waals surface area contributed by atoms with Gasteiger partial charge in [0.1, 0.15) is 11.6 Å². The third kappa shape index (κ3) is 4.77. The van der Waals surface area contributed by atoms with Gasteiger partial charge >= 0.3 is 0 Å². The van der Waals surface area contributed by atoms with E-state index in [0.29, 0.717) is 6.04 Å². The first-order valence-electron chi connectivity index (χ1n) is 7.52. The molecule has 1 amide bonds. The zero-order valence-electron chi connectivity index (χ0n) is 12.3. The van der Waals surface area contributed by atoms with Gasteiger partial charge < -0.3 is 10.6 Å². The first kappa shape index (κ1) is 15.9. The van der Waals surface area contributed by atoms with Crippen LogP contribution in [-0.4, -0.2) is 24.5 Å². The maximum absolute atomic E-state index is 13.5. The molecular formula is C16H22F2N2O. The van der Waals surface area contributed by atoms with Gasteiger partial charge in [-0.2, -0.15) is 0 Å². The first-order valence-corrected chi connectivity index (χ1v) is 7.52. The van der Waals surface area contributed by atoms with E-state index < -0.39 is 11.6 Å². The van der Waals surface area contributed by atoms with Crippen LogP contribution in [0.15, 0.2) is 18.2 Å². The second kappa shape index (κ2) is 7.50. The summed E-state index contributed by atoms with van der Waals surface area (Å²) in [4.78, 5) is 11.8. The average Bonchev–Trinajstić information content (AvgIpc) is 2.94. The molecule has 1 aromatic rings. The van der Waals surface area contributed by atoms with E-state index in [0.717, 1.165) is 12.8 Å². The Morgan fingerprint density at radius 3 is 2.52 bits per heavy atom. The maximum atomic E-state index is 13.5. The Bertz CT molecular complexity index is 467. The zero-order chi connectivity index (χ0) is 15.2. The van der Waals surface area contributed by atoms with Crippen molar-refractivity contribution in [2.24, 2.45) is 0 Å². The van der Waals surface area contributed by atoms with Crippen molar-refractivity contribution in [1.29, 1.82) is 0 Å². The van der Waals surface area contributed by atoms with Crippen LogP contribution in [0.1, 0.15) is 38.2 Å². The lowest BCUT2D eigenvalue weighted by Gasteiger charge is -2.16. The van der Waals surface area contributed by atoms with Crippen LogP contribution in [0, 0.1) is 11.6 Å². The molecule has 0 aromatic heterocycles. The SMILES string of the molecule is CC(Cc1c(F)cccc1F)NC(=O)CNC1CCCC1. The van der Waals surface area contributed by atoms with Gasteiger partial charge in [-0.05, 0) is 38.3 Å². The fourth-order valence-corrected chi connectivity index (χ4v) is 2.78. The maximum Gasteiger partial charge on any atom is 0.234 e. The van der Waals surface area contributed by atoms with Gasteiger partial charge in [-0.1, -0.05) is 18.9 Å². The van der Waals surface area contributed by atoms with Crippen LogP contribution in [0.4, 0.5) is 8.78 Å². The second-order valence-corrected chi connectivity index (χ2v) is 5.74. The number of halogens is 2. The van der Waals surface area contributed by atoms with E-state index in [-0.39, 0.29) is 30.5 Å². The van der Waals surface area contributed by atoms with Crippen molar-refractivity contribution in [2.45, 2.75) is 51.1 Å². The van der Waals surface area contributed by atoms with Crippen LogP contribution in [0.25, 0.3) is 0 Å². The summed E-state index contributed by atoms with van der Waals surface area (Å²) in [5, 5.41) is 5.99. The molecule has 1 aromatic carbocycles. The van der Waals surface area contributed by atoms with Crippen molar-refractivity contribution in [3.63, 3.8) is 0 Å². The smallest absolute Gasteiger partial charge is 0.234 e. The highest BCUT2D eigenvalue weighted by atomic mass is 19.1. The number of amides is 1. The van der Waals surface area contributed by atoms with Gasteiger partial charge in [0.25, 0.3) is 0 Å². The molecule has 0 bridgehead atoms. The molecular weight excluding hydrogens is 274 g/mol. The van der Waals surface area contributed by atoms with Crippen molar-refractivity contribution in [2.75, 3.05) is 6.54 Å². The number of nitrogens with one attached hydrogen (secondary N) is 2. The Labute approximate surface area is 124 Å². The lowest BCUT2D eigenvalue weighted by Crippen LogP contribution is -2.42. The minimum atomic E-state index is -0.569. The van der Waals surface area contributed by atoms with Gasteiger partial charge in [0.05, 0.1) is 6.54 Å². The summed E-state index contributed by atoms with van der Waals surface area (Å²) in [7, 11) is 0. The predicted molar refractivity (Wildman–Crippen MR) is 77.9 cm³/mol. The van der Waals surface area contributed by atoms with Crippen LogP contribution in [0.5, 0.6) is 0 Å². The lowest BCUT2D eigenvalue weighted by molar-refractivity contribution is -0.120. The Morgan fingerprint density at radius 1 is 1.29 bits per heavy atom. The van der Waals surface area contributed by atoms with Gasteiger partial charge in [-0.25, -0.2) is 8.78 Å². The van der Waals surface area contributed by atoms with Crippen LogP contribution in [-0.2, 0) is 11.2 Å². The fraction of sp³-hybridized carbons (Fsp3) is 0.562. The summed E-state index contributed by atoms with van der Waals surface area (Å²) in [6.07, 6.45) is 4.80. The van der Waals surface area contributed by atoms with Crippen LogP contribution in [0.3, 0.4) is 0 Å². The molecule has 116 valence electrons. The predicted octanol–water partition coefficient (Wildman–Crippen LogP) is 2.54. The van der Waals surface area contributed by atoms with Crippen molar-refractivity contribution in [3.8, 4) is 0 Å². The standard InChI is InChI=1S/C16H22F2N2O/c1-11(9-13-14(17)7-4-8-15(13)18)20-16(21)10-19-12-5-2-3-6-12/h4,7-8,11-12,19H,2-3,5-6,9-10H2,1H3,(H,20,21). The third-order valence-corrected chi connectivity index (χ3v) is 3.89. The third-order valence-electron chi connectivity index (χ3n) is 3.89. The molecule has 3 nitrogen and oxygen atoms in total. The number of benzene rings is 1. The number of hydrogen-bond donors (Lipinski definition) is 2. The van der Waals surface area contributed by atoms with Crippen molar-refractivity contribution < 1.29 is 13.6 Å². The van der Waals surface area contributed by atoms with Gasteiger partial charge in [0.2, 0.25) is 5.91 Å². The fourth-order valence-electron chi connectivity index (χ4n) is 2.78. The second-order valence-electron chi connectivity index (χ2n) is 5.74.